The number of carbonyl (C=O) groups is 2. The third-order valence-corrected chi connectivity index (χ3v) is 3.93. The van der Waals surface area contributed by atoms with Crippen LogP contribution in [-0.2, 0) is 9.53 Å². The van der Waals surface area contributed by atoms with Crippen molar-refractivity contribution in [2.45, 2.75) is 68.2 Å². The topological polar surface area (TPSA) is 55.4 Å². The van der Waals surface area contributed by atoms with Crippen LogP contribution in [0.1, 0.15) is 77.9 Å². The van der Waals surface area contributed by atoms with Gasteiger partial charge in [0.25, 0.3) is 0 Å². The zero-order chi connectivity index (χ0) is 21.4. The van der Waals surface area contributed by atoms with Crippen molar-refractivity contribution in [3.63, 3.8) is 0 Å². The average molecular weight is 455 g/mol. The number of rotatable bonds is 5. The van der Waals surface area contributed by atoms with Crippen molar-refractivity contribution in [2.75, 3.05) is 20.2 Å². The van der Waals surface area contributed by atoms with E-state index in [2.05, 4.69) is 46.8 Å². The molecular weight excluding hydrogens is 414 g/mol. The fourth-order valence-electron chi connectivity index (χ4n) is 0.699. The summed E-state index contributed by atoms with van der Waals surface area (Å²) >= 11 is 4.66. The van der Waals surface area contributed by atoms with Gasteiger partial charge in [-0.1, -0.05) is 61.3 Å². The molecule has 0 fully saturated rings. The Bertz CT molecular complexity index is 388. The van der Waals surface area contributed by atoms with Crippen molar-refractivity contribution in [3.8, 4) is 0 Å². The molecule has 0 aromatic carbocycles. The van der Waals surface area contributed by atoms with Crippen LogP contribution in [0.15, 0.2) is 15.9 Å². The van der Waals surface area contributed by atoms with Crippen LogP contribution >= 0.6 is 27.3 Å². The molecular formula is C20H40BrNO3S. The van der Waals surface area contributed by atoms with E-state index in [0.717, 1.165) is 22.2 Å². The third-order valence-electron chi connectivity index (χ3n) is 2.32. The molecule has 0 aliphatic rings. The summed E-state index contributed by atoms with van der Waals surface area (Å²) in [5, 5.41) is 4.81. The normalized spacial score (nSPS) is 8.27. The highest BCUT2D eigenvalue weighted by molar-refractivity contribution is 9.10. The minimum absolute atomic E-state index is 0.00921. The molecule has 26 heavy (non-hydrogen) atoms. The lowest BCUT2D eigenvalue weighted by molar-refractivity contribution is -0.146. The molecule has 1 N–H and O–H groups in total. The maximum atomic E-state index is 10.5. The van der Waals surface area contributed by atoms with Crippen LogP contribution in [0, 0.1) is 5.92 Å². The summed E-state index contributed by atoms with van der Waals surface area (Å²) in [7, 11) is 1.93. The number of unbranched alkanes of at least 4 members (excludes halogenated alkanes) is 1. The Hall–Kier alpha value is -0.720. The van der Waals surface area contributed by atoms with Gasteiger partial charge >= 0.3 is 5.97 Å². The minimum Gasteiger partial charge on any atom is -0.466 e. The molecule has 0 aliphatic heterocycles. The number of ether oxygens (including phenoxy) is 1. The number of carbonyl (C=O) groups excluding carboxylic acids is 2. The molecule has 0 spiro atoms. The molecule has 0 atom stereocenters. The molecule has 0 aliphatic carbocycles. The van der Waals surface area contributed by atoms with E-state index in [1.165, 1.54) is 24.2 Å². The van der Waals surface area contributed by atoms with Crippen LogP contribution in [0.25, 0.3) is 0 Å². The van der Waals surface area contributed by atoms with E-state index in [0.29, 0.717) is 6.61 Å². The van der Waals surface area contributed by atoms with E-state index >= 15 is 0 Å². The van der Waals surface area contributed by atoms with Gasteiger partial charge in [-0.25, -0.2) is 0 Å². The maximum Gasteiger partial charge on any atom is 0.308 e. The predicted molar refractivity (Wildman–Crippen MR) is 120 cm³/mol. The lowest BCUT2D eigenvalue weighted by Gasteiger charge is -2.01. The average Bonchev–Trinajstić information content (AvgIpc) is 3.10. The van der Waals surface area contributed by atoms with Gasteiger partial charge in [0.1, 0.15) is 0 Å². The van der Waals surface area contributed by atoms with Gasteiger partial charge in [0.15, 0.2) is 6.29 Å². The molecule has 156 valence electrons. The third kappa shape index (κ3) is 31.1. The Morgan fingerprint density at radius 2 is 1.69 bits per heavy atom. The SMILES string of the molecule is CC.CCCC.CCNC.CCOC(=O)C(C)C.O=Cc1cc(Br)cs1. The van der Waals surface area contributed by atoms with Gasteiger partial charge in [0, 0.05) is 9.85 Å². The van der Waals surface area contributed by atoms with Crippen molar-refractivity contribution in [1.82, 2.24) is 5.32 Å². The Balaban J connectivity index is -0.000000126. The predicted octanol–water partition coefficient (Wildman–Crippen LogP) is 6.59. The molecule has 0 saturated heterocycles. The first-order valence-corrected chi connectivity index (χ1v) is 11.0. The second-order valence-electron chi connectivity index (χ2n) is 4.90. The molecule has 0 radical (unpaired) electrons. The van der Waals surface area contributed by atoms with E-state index in [9.17, 15) is 9.59 Å². The Labute approximate surface area is 174 Å². The molecule has 1 aromatic heterocycles. The number of halogens is 1. The fraction of sp³-hybridized carbons (Fsp3) is 0.700. The number of aldehydes is 1. The van der Waals surface area contributed by atoms with Crippen LogP contribution in [-0.4, -0.2) is 32.5 Å². The van der Waals surface area contributed by atoms with Gasteiger partial charge in [-0.05, 0) is 42.5 Å². The smallest absolute Gasteiger partial charge is 0.308 e. The quantitative estimate of drug-likeness (QED) is 0.403. The highest BCUT2D eigenvalue weighted by atomic mass is 79.9. The van der Waals surface area contributed by atoms with E-state index in [1.54, 1.807) is 13.0 Å². The number of hydrogen-bond donors (Lipinski definition) is 1. The first-order valence-electron chi connectivity index (χ1n) is 9.34. The number of esters is 1. The van der Waals surface area contributed by atoms with Crippen molar-refractivity contribution in [3.05, 3.63) is 20.8 Å². The largest absolute Gasteiger partial charge is 0.466 e. The Kier molecular flexibility index (Phi) is 36.8. The van der Waals surface area contributed by atoms with E-state index in [-0.39, 0.29) is 11.9 Å². The highest BCUT2D eigenvalue weighted by Crippen LogP contribution is 2.17. The first-order chi connectivity index (χ1) is 12.3. The lowest BCUT2D eigenvalue weighted by Crippen LogP contribution is -2.10. The first kappa shape index (κ1) is 32.9. The Morgan fingerprint density at radius 1 is 1.23 bits per heavy atom. The number of hydrogen-bond acceptors (Lipinski definition) is 5. The van der Waals surface area contributed by atoms with E-state index < -0.39 is 0 Å². The van der Waals surface area contributed by atoms with Crippen LogP contribution in [0.3, 0.4) is 0 Å². The summed E-state index contributed by atoms with van der Waals surface area (Å²) in [6, 6.07) is 1.79. The van der Waals surface area contributed by atoms with Crippen LogP contribution in [0.5, 0.6) is 0 Å². The standard InChI is InChI=1S/C6H12O2.C5H3BrOS.C4H10.C3H9N.C2H6/c1-4-8-6(7)5(2)3;6-4-1-5(2-7)8-3-4;2*1-3-4-2;1-2/h5H,4H2,1-3H3;1-3H;3-4H2,1-2H3;4H,3H2,1-2H3;1-2H3. The van der Waals surface area contributed by atoms with Crippen molar-refractivity contribution in [1.29, 1.82) is 0 Å². The molecule has 0 amide bonds. The molecule has 4 nitrogen and oxygen atoms in total. The fourth-order valence-corrected chi connectivity index (χ4v) is 1.94. The van der Waals surface area contributed by atoms with Crippen LogP contribution in [0.4, 0.5) is 0 Å². The second-order valence-corrected chi connectivity index (χ2v) is 6.76. The summed E-state index contributed by atoms with van der Waals surface area (Å²) in [6.45, 7) is 17.4. The van der Waals surface area contributed by atoms with Crippen LogP contribution in [0.2, 0.25) is 0 Å². The number of thiophene rings is 1. The molecule has 1 rings (SSSR count). The summed E-state index contributed by atoms with van der Waals surface area (Å²) < 4.78 is 5.64. The van der Waals surface area contributed by atoms with Gasteiger partial charge in [0.05, 0.1) is 17.4 Å². The molecule has 0 saturated carbocycles. The molecule has 6 heteroatoms. The maximum absolute atomic E-state index is 10.5. The van der Waals surface area contributed by atoms with Crippen molar-refractivity contribution in [2.24, 2.45) is 5.92 Å². The highest BCUT2D eigenvalue weighted by Gasteiger charge is 2.04. The van der Waals surface area contributed by atoms with E-state index in [1.807, 2.05) is 40.1 Å². The zero-order valence-corrected chi connectivity index (χ0v) is 20.6. The van der Waals surface area contributed by atoms with Gasteiger partial charge in [-0.2, -0.15) is 0 Å². The van der Waals surface area contributed by atoms with Crippen LogP contribution < -0.4 is 5.32 Å². The second kappa shape index (κ2) is 29.1. The summed E-state index contributed by atoms with van der Waals surface area (Å²) in [6.07, 6.45) is 3.48. The summed E-state index contributed by atoms with van der Waals surface area (Å²) in [4.78, 5) is 21.3. The summed E-state index contributed by atoms with van der Waals surface area (Å²) in [5.74, 6) is -0.109. The van der Waals surface area contributed by atoms with Crippen molar-refractivity contribution >= 4 is 39.5 Å². The zero-order valence-electron chi connectivity index (χ0n) is 18.1. The van der Waals surface area contributed by atoms with Crippen molar-refractivity contribution < 1.29 is 14.3 Å². The number of nitrogens with one attached hydrogen (secondary N) is 1. The Morgan fingerprint density at radius 3 is 1.81 bits per heavy atom. The molecule has 1 heterocycles. The minimum atomic E-state index is -0.118. The lowest BCUT2D eigenvalue weighted by atomic mass is 10.2. The van der Waals surface area contributed by atoms with E-state index in [4.69, 9.17) is 0 Å². The molecule has 0 unspecified atom stereocenters. The van der Waals surface area contributed by atoms with Gasteiger partial charge in [0.2, 0.25) is 0 Å². The van der Waals surface area contributed by atoms with Gasteiger partial charge in [-0.3, -0.25) is 9.59 Å². The van der Waals surface area contributed by atoms with Gasteiger partial charge in [-0.15, -0.1) is 11.3 Å². The monoisotopic (exact) mass is 453 g/mol. The molecule has 1 aromatic rings. The van der Waals surface area contributed by atoms with Gasteiger partial charge < -0.3 is 10.1 Å². The molecule has 0 bridgehead atoms. The summed E-state index contributed by atoms with van der Waals surface area (Å²) in [5.41, 5.74) is 0.